The molecule has 0 aliphatic carbocycles. The van der Waals surface area contributed by atoms with Crippen LogP contribution >= 0.6 is 7.92 Å². The highest BCUT2D eigenvalue weighted by Crippen LogP contribution is 2.49. The summed E-state index contributed by atoms with van der Waals surface area (Å²) in [5.41, 5.74) is 0. The third kappa shape index (κ3) is 4.02. The van der Waals surface area contributed by atoms with E-state index in [9.17, 15) is 30.7 Å². The molecule has 7 rings (SSSR count). The van der Waals surface area contributed by atoms with E-state index in [-0.39, 0.29) is 0 Å². The summed E-state index contributed by atoms with van der Waals surface area (Å²) in [6, 6.07) is 0. The summed E-state index contributed by atoms with van der Waals surface area (Å²) in [6.45, 7) is 0.813. The molecule has 0 aliphatic rings. The first kappa shape index (κ1) is 34.7. The molecular formula is C32H5F18P. The Morgan fingerprint density at radius 1 is 0.235 bits per heavy atom. The highest BCUT2D eigenvalue weighted by molar-refractivity contribution is 7.73. The smallest absolute Gasteiger partial charge is 0.198 e. The lowest BCUT2D eigenvalue weighted by atomic mass is 9.91. The van der Waals surface area contributed by atoms with Gasteiger partial charge in [-0.3, -0.25) is 0 Å². The molecule has 7 aromatic rings. The second kappa shape index (κ2) is 11.1. The van der Waals surface area contributed by atoms with Crippen LogP contribution in [-0.4, -0.2) is 6.16 Å². The molecule has 0 nitrogen and oxygen atoms in total. The first-order valence-electron chi connectivity index (χ1n) is 13.6. The fourth-order valence-electron chi connectivity index (χ4n) is 6.38. The van der Waals surface area contributed by atoms with E-state index >= 15 is 48.3 Å². The standard InChI is InChI=1S/C32H5F18P/c1-2-51(31-12-11(23(43)29(49)30(31)50)13(33)9-10(14(12)34)22(42)28(48)27(47)21(9)41)32-24(44)7-4-3-5(15(35)17(7)37)19(39)26(46)20(40)6(3)16(36)18(38)8(4)25(32)45/h2H2,1H3. The van der Waals surface area contributed by atoms with Crippen molar-refractivity contribution in [3.63, 3.8) is 0 Å². The molecule has 0 N–H and O–H groups in total. The molecule has 19 heteroatoms. The van der Waals surface area contributed by atoms with Crippen molar-refractivity contribution in [3.05, 3.63) is 105 Å². The van der Waals surface area contributed by atoms with Gasteiger partial charge in [0.1, 0.15) is 23.3 Å². The van der Waals surface area contributed by atoms with Crippen LogP contribution in [0.3, 0.4) is 0 Å². The minimum absolute atomic E-state index is 0.813. The lowest BCUT2D eigenvalue weighted by Gasteiger charge is -2.25. The second-order valence-corrected chi connectivity index (χ2v) is 13.2. The number of rotatable bonds is 3. The van der Waals surface area contributed by atoms with E-state index in [1.165, 1.54) is 0 Å². The van der Waals surface area contributed by atoms with Gasteiger partial charge in [0.05, 0.1) is 43.0 Å². The van der Waals surface area contributed by atoms with Gasteiger partial charge in [-0.1, -0.05) is 6.92 Å². The average Bonchev–Trinajstić information content (AvgIpc) is 3.09. The Morgan fingerprint density at radius 3 is 0.824 bits per heavy atom. The molecule has 0 aliphatic heterocycles. The maximum atomic E-state index is 16.4. The fourth-order valence-corrected chi connectivity index (χ4v) is 8.75. The Hall–Kier alpha value is -4.73. The number of fused-ring (bicyclic) bond motifs is 2. The van der Waals surface area contributed by atoms with Crippen LogP contribution in [0.1, 0.15) is 6.92 Å². The van der Waals surface area contributed by atoms with Gasteiger partial charge in [0, 0.05) is 21.5 Å². The monoisotopic (exact) mass is 762 g/mol. The molecule has 0 fully saturated rings. The van der Waals surface area contributed by atoms with Crippen molar-refractivity contribution in [2.75, 3.05) is 6.16 Å². The van der Waals surface area contributed by atoms with Crippen molar-refractivity contribution in [2.45, 2.75) is 6.92 Å². The van der Waals surface area contributed by atoms with Crippen LogP contribution in [0.4, 0.5) is 79.0 Å². The van der Waals surface area contributed by atoms with Crippen LogP contribution in [0.25, 0.3) is 53.9 Å². The third-order valence-electron chi connectivity index (χ3n) is 8.49. The normalized spacial score (nSPS) is 13.0. The van der Waals surface area contributed by atoms with Gasteiger partial charge in [0.25, 0.3) is 0 Å². The predicted molar refractivity (Wildman–Crippen MR) is 148 cm³/mol. The van der Waals surface area contributed by atoms with Crippen molar-refractivity contribution in [3.8, 4) is 0 Å². The van der Waals surface area contributed by atoms with Crippen molar-refractivity contribution in [2.24, 2.45) is 0 Å². The SMILES string of the molecule is CCP(c1c(F)c2c(F)c(F)c3c(F)c(F)c(F)c4c(F)c(F)c(c1F)c2c34)c1c(F)c(F)c(F)c2c(F)c3c(F)c(F)c(F)c(F)c3c(F)c12. The molecule has 0 saturated heterocycles. The zero-order valence-electron chi connectivity index (χ0n) is 24.0. The summed E-state index contributed by atoms with van der Waals surface area (Å²) in [4.78, 5) is 0. The van der Waals surface area contributed by atoms with E-state index in [1.54, 1.807) is 0 Å². The highest BCUT2D eigenvalue weighted by atomic mass is 31.1. The molecular weight excluding hydrogens is 757 g/mol. The highest BCUT2D eigenvalue weighted by Gasteiger charge is 2.40. The van der Waals surface area contributed by atoms with Crippen molar-refractivity contribution >= 4 is 72.4 Å². The van der Waals surface area contributed by atoms with Gasteiger partial charge >= 0.3 is 0 Å². The molecule has 7 aromatic carbocycles. The Morgan fingerprint density at radius 2 is 0.471 bits per heavy atom. The summed E-state index contributed by atoms with van der Waals surface area (Å²) in [5.74, 6) is -47.2. The molecule has 0 amide bonds. The van der Waals surface area contributed by atoms with Crippen LogP contribution in [0.5, 0.6) is 0 Å². The summed E-state index contributed by atoms with van der Waals surface area (Å²) in [6.07, 6.45) is -1.08. The number of benzene rings is 7. The summed E-state index contributed by atoms with van der Waals surface area (Å²) >= 11 is 0. The number of hydrogen-bond acceptors (Lipinski definition) is 0. The molecule has 51 heavy (non-hydrogen) atoms. The Balaban J connectivity index is 1.74. The Kier molecular flexibility index (Phi) is 7.58. The predicted octanol–water partition coefficient (Wildman–Crippen LogP) is 10.8. The summed E-state index contributed by atoms with van der Waals surface area (Å²) < 4.78 is 273. The van der Waals surface area contributed by atoms with E-state index in [0.717, 1.165) is 6.92 Å². The van der Waals surface area contributed by atoms with Crippen molar-refractivity contribution in [1.82, 2.24) is 0 Å². The molecule has 0 radical (unpaired) electrons. The number of halogens is 18. The van der Waals surface area contributed by atoms with E-state index < -0.39 is 183 Å². The molecule has 1 unspecified atom stereocenters. The molecule has 0 spiro atoms. The maximum absolute atomic E-state index is 16.4. The minimum Gasteiger partial charge on any atom is -0.205 e. The molecule has 0 heterocycles. The molecule has 0 bridgehead atoms. The topological polar surface area (TPSA) is 0 Å². The summed E-state index contributed by atoms with van der Waals surface area (Å²) in [5, 5.41) is -23.4. The van der Waals surface area contributed by atoms with Gasteiger partial charge in [-0.15, -0.1) is 0 Å². The van der Waals surface area contributed by atoms with Crippen LogP contribution in [-0.2, 0) is 0 Å². The van der Waals surface area contributed by atoms with Crippen LogP contribution in [0, 0.1) is 105 Å². The van der Waals surface area contributed by atoms with Gasteiger partial charge in [-0.25, -0.2) is 79.0 Å². The lowest BCUT2D eigenvalue weighted by molar-refractivity contribution is 0.414. The minimum atomic E-state index is -3.78. The Bertz CT molecular complexity index is 2690. The fraction of sp³-hybridized carbons (Fsp3) is 0.0625. The third-order valence-corrected chi connectivity index (χ3v) is 11.0. The molecule has 0 saturated carbocycles. The van der Waals surface area contributed by atoms with Gasteiger partial charge in [0.2, 0.25) is 0 Å². The van der Waals surface area contributed by atoms with E-state index in [2.05, 4.69) is 0 Å². The van der Waals surface area contributed by atoms with Crippen LogP contribution < -0.4 is 10.6 Å². The van der Waals surface area contributed by atoms with E-state index in [4.69, 9.17) is 0 Å². The van der Waals surface area contributed by atoms with Crippen LogP contribution in [0.15, 0.2) is 0 Å². The first-order valence-corrected chi connectivity index (χ1v) is 15.1. The summed E-state index contributed by atoms with van der Waals surface area (Å²) in [7, 11) is -3.78. The number of hydrogen-bond donors (Lipinski definition) is 0. The quantitative estimate of drug-likeness (QED) is 0.0420. The maximum Gasteiger partial charge on any atom is 0.198 e. The molecule has 0 aromatic heterocycles. The van der Waals surface area contributed by atoms with E-state index in [1.807, 2.05) is 0 Å². The van der Waals surface area contributed by atoms with Gasteiger partial charge in [-0.2, -0.15) is 0 Å². The van der Waals surface area contributed by atoms with Crippen molar-refractivity contribution < 1.29 is 79.0 Å². The van der Waals surface area contributed by atoms with E-state index in [0.29, 0.717) is 0 Å². The molecule has 1 atom stereocenters. The van der Waals surface area contributed by atoms with Gasteiger partial charge in [0.15, 0.2) is 81.4 Å². The van der Waals surface area contributed by atoms with Gasteiger partial charge in [-0.05, 0) is 14.1 Å². The zero-order valence-corrected chi connectivity index (χ0v) is 24.9. The van der Waals surface area contributed by atoms with Crippen LogP contribution in [0.2, 0.25) is 0 Å². The van der Waals surface area contributed by atoms with Crippen molar-refractivity contribution in [1.29, 1.82) is 0 Å². The largest absolute Gasteiger partial charge is 0.205 e. The first-order chi connectivity index (χ1) is 23.8. The van der Waals surface area contributed by atoms with Gasteiger partial charge < -0.3 is 0 Å². The average molecular weight is 762 g/mol. The lowest BCUT2D eigenvalue weighted by Crippen LogP contribution is -2.26. The second-order valence-electron chi connectivity index (χ2n) is 10.8. The Labute approximate surface area is 269 Å². The zero-order chi connectivity index (χ0) is 37.6. The molecule has 264 valence electrons.